The van der Waals surface area contributed by atoms with Crippen molar-refractivity contribution in [2.24, 2.45) is 0 Å². The molecule has 5 nitrogen and oxygen atoms in total. The molecule has 24 heavy (non-hydrogen) atoms. The summed E-state index contributed by atoms with van der Waals surface area (Å²) in [6.07, 6.45) is 1.00. The zero-order chi connectivity index (χ0) is 16.9. The van der Waals surface area contributed by atoms with Crippen molar-refractivity contribution < 1.29 is 4.79 Å². The van der Waals surface area contributed by atoms with E-state index in [1.54, 1.807) is 24.3 Å². The molecule has 0 aliphatic heterocycles. The minimum atomic E-state index is -0.173. The van der Waals surface area contributed by atoms with E-state index >= 15 is 0 Å². The molecule has 1 N–H and O–H groups in total. The Hall–Kier alpha value is -3.13. The Bertz CT molecular complexity index is 903. The van der Waals surface area contributed by atoms with Crippen molar-refractivity contribution in [3.8, 4) is 6.07 Å². The van der Waals surface area contributed by atoms with Crippen molar-refractivity contribution in [3.05, 3.63) is 65.4 Å². The molecule has 1 heterocycles. The number of benzene rings is 2. The van der Waals surface area contributed by atoms with Gasteiger partial charge in [-0.2, -0.15) is 10.4 Å². The van der Waals surface area contributed by atoms with Gasteiger partial charge in [-0.1, -0.05) is 25.1 Å². The lowest BCUT2D eigenvalue weighted by molar-refractivity contribution is 0.0950. The van der Waals surface area contributed by atoms with Crippen LogP contribution in [0.3, 0.4) is 0 Å². The van der Waals surface area contributed by atoms with Crippen LogP contribution < -0.4 is 5.32 Å². The van der Waals surface area contributed by atoms with Crippen molar-refractivity contribution in [1.82, 2.24) is 15.1 Å². The third-order valence-electron chi connectivity index (χ3n) is 3.86. The first-order valence-corrected chi connectivity index (χ1v) is 7.95. The van der Waals surface area contributed by atoms with Crippen LogP contribution in [-0.4, -0.2) is 15.7 Å². The molecule has 0 aliphatic rings. The number of hydrogen-bond donors (Lipinski definition) is 1. The molecule has 0 saturated carbocycles. The van der Waals surface area contributed by atoms with Crippen molar-refractivity contribution in [2.45, 2.75) is 26.4 Å². The lowest BCUT2D eigenvalue weighted by Crippen LogP contribution is -2.23. The summed E-state index contributed by atoms with van der Waals surface area (Å²) < 4.78 is 1.98. The Labute approximate surface area is 140 Å². The molecule has 0 unspecified atom stereocenters. The number of aryl methyl sites for hydroxylation is 1. The Morgan fingerprint density at radius 3 is 2.67 bits per heavy atom. The molecule has 1 amide bonds. The molecule has 2 aromatic carbocycles. The number of rotatable bonds is 5. The lowest BCUT2D eigenvalue weighted by Gasteiger charge is -2.04. The fourth-order valence-corrected chi connectivity index (χ4v) is 2.67. The van der Waals surface area contributed by atoms with E-state index in [-0.39, 0.29) is 5.91 Å². The van der Waals surface area contributed by atoms with Gasteiger partial charge in [0.2, 0.25) is 0 Å². The molecule has 0 saturated heterocycles. The number of amides is 1. The highest BCUT2D eigenvalue weighted by Gasteiger charge is 2.11. The van der Waals surface area contributed by atoms with Crippen LogP contribution in [0.2, 0.25) is 0 Å². The van der Waals surface area contributed by atoms with E-state index in [0.717, 1.165) is 29.6 Å². The summed E-state index contributed by atoms with van der Waals surface area (Å²) in [5.74, 6) is -0.173. The number of nitriles is 1. The smallest absolute Gasteiger partial charge is 0.251 e. The second-order valence-corrected chi connectivity index (χ2v) is 5.56. The van der Waals surface area contributed by atoms with Gasteiger partial charge in [-0.3, -0.25) is 9.48 Å². The summed E-state index contributed by atoms with van der Waals surface area (Å²) in [5.41, 5.74) is 3.02. The number of nitrogens with zero attached hydrogens (tertiary/aromatic N) is 3. The molecular formula is C19H18N4O. The summed E-state index contributed by atoms with van der Waals surface area (Å²) >= 11 is 0. The minimum absolute atomic E-state index is 0.173. The SMILES string of the molecule is CCCn1nc(CNC(=O)c2ccc(C#N)cc2)c2ccccc21. The monoisotopic (exact) mass is 318 g/mol. The summed E-state index contributed by atoms with van der Waals surface area (Å²) in [7, 11) is 0. The molecule has 3 rings (SSSR count). The van der Waals surface area contributed by atoms with Gasteiger partial charge < -0.3 is 5.32 Å². The first kappa shape index (κ1) is 15.8. The van der Waals surface area contributed by atoms with Gasteiger partial charge in [0.05, 0.1) is 29.4 Å². The molecule has 0 radical (unpaired) electrons. The van der Waals surface area contributed by atoms with E-state index in [9.17, 15) is 4.79 Å². The highest BCUT2D eigenvalue weighted by Crippen LogP contribution is 2.18. The van der Waals surface area contributed by atoms with Crippen molar-refractivity contribution >= 4 is 16.8 Å². The maximum atomic E-state index is 12.3. The normalized spacial score (nSPS) is 10.5. The fraction of sp³-hybridized carbons (Fsp3) is 0.211. The number of carbonyl (C=O) groups excluding carboxylic acids is 1. The summed E-state index contributed by atoms with van der Waals surface area (Å²) in [6, 6.07) is 16.7. The molecule has 0 aliphatic carbocycles. The Kier molecular flexibility index (Phi) is 4.57. The second-order valence-electron chi connectivity index (χ2n) is 5.56. The van der Waals surface area contributed by atoms with E-state index in [2.05, 4.69) is 17.3 Å². The standard InChI is InChI=1S/C19H18N4O/c1-2-11-23-18-6-4-3-5-16(18)17(22-23)13-21-19(24)15-9-7-14(12-20)8-10-15/h3-10H,2,11,13H2,1H3,(H,21,24). The van der Waals surface area contributed by atoms with Crippen LogP contribution in [0.1, 0.15) is 35.0 Å². The van der Waals surface area contributed by atoms with Crippen LogP contribution in [0.5, 0.6) is 0 Å². The van der Waals surface area contributed by atoms with Crippen molar-refractivity contribution in [2.75, 3.05) is 0 Å². The van der Waals surface area contributed by atoms with E-state index in [4.69, 9.17) is 5.26 Å². The average Bonchev–Trinajstić information content (AvgIpc) is 2.98. The van der Waals surface area contributed by atoms with Gasteiger partial charge in [-0.15, -0.1) is 0 Å². The fourth-order valence-electron chi connectivity index (χ4n) is 2.67. The van der Waals surface area contributed by atoms with Gasteiger partial charge in [0.1, 0.15) is 0 Å². The first-order valence-electron chi connectivity index (χ1n) is 7.95. The van der Waals surface area contributed by atoms with Crippen molar-refractivity contribution in [1.29, 1.82) is 5.26 Å². The van der Waals surface area contributed by atoms with Crippen LogP contribution in [0.25, 0.3) is 10.9 Å². The second kappa shape index (κ2) is 6.97. The Morgan fingerprint density at radius 1 is 1.21 bits per heavy atom. The van der Waals surface area contributed by atoms with Gasteiger partial charge >= 0.3 is 0 Å². The summed E-state index contributed by atoms with van der Waals surface area (Å²) in [6.45, 7) is 3.34. The molecule has 1 aromatic heterocycles. The lowest BCUT2D eigenvalue weighted by atomic mass is 10.1. The van der Waals surface area contributed by atoms with E-state index < -0.39 is 0 Å². The minimum Gasteiger partial charge on any atom is -0.346 e. The van der Waals surface area contributed by atoms with Crippen LogP contribution in [0, 0.1) is 11.3 Å². The number of fused-ring (bicyclic) bond motifs is 1. The highest BCUT2D eigenvalue weighted by atomic mass is 16.1. The number of nitrogens with one attached hydrogen (secondary N) is 1. The summed E-state index contributed by atoms with van der Waals surface area (Å²) in [4.78, 5) is 12.3. The van der Waals surface area contributed by atoms with Gasteiger partial charge in [0.25, 0.3) is 5.91 Å². The summed E-state index contributed by atoms with van der Waals surface area (Å²) in [5, 5.41) is 17.4. The van der Waals surface area contributed by atoms with Crippen LogP contribution >= 0.6 is 0 Å². The van der Waals surface area contributed by atoms with Gasteiger partial charge in [0.15, 0.2) is 0 Å². The molecule has 120 valence electrons. The predicted octanol–water partition coefficient (Wildman–Crippen LogP) is 3.25. The van der Waals surface area contributed by atoms with Gasteiger partial charge in [-0.05, 0) is 36.8 Å². The molecule has 0 atom stereocenters. The Balaban J connectivity index is 1.77. The van der Waals surface area contributed by atoms with Crippen LogP contribution in [0.15, 0.2) is 48.5 Å². The topological polar surface area (TPSA) is 70.7 Å². The van der Waals surface area contributed by atoms with Gasteiger partial charge in [0, 0.05) is 17.5 Å². The maximum Gasteiger partial charge on any atom is 0.251 e. The number of para-hydroxylation sites is 1. The molecular weight excluding hydrogens is 300 g/mol. The Morgan fingerprint density at radius 2 is 1.96 bits per heavy atom. The van der Waals surface area contributed by atoms with Gasteiger partial charge in [-0.25, -0.2) is 0 Å². The number of hydrogen-bond acceptors (Lipinski definition) is 3. The van der Waals surface area contributed by atoms with E-state index in [1.165, 1.54) is 0 Å². The maximum absolute atomic E-state index is 12.3. The quantitative estimate of drug-likeness (QED) is 0.785. The molecule has 0 spiro atoms. The number of carbonyl (C=O) groups is 1. The highest BCUT2D eigenvalue weighted by molar-refractivity contribution is 5.94. The third kappa shape index (κ3) is 3.13. The largest absolute Gasteiger partial charge is 0.346 e. The van der Waals surface area contributed by atoms with E-state index in [1.807, 2.05) is 35.0 Å². The van der Waals surface area contributed by atoms with Crippen LogP contribution in [0.4, 0.5) is 0 Å². The number of aromatic nitrogens is 2. The van der Waals surface area contributed by atoms with Crippen LogP contribution in [-0.2, 0) is 13.1 Å². The zero-order valence-corrected chi connectivity index (χ0v) is 13.5. The molecule has 0 fully saturated rings. The molecule has 3 aromatic rings. The molecule has 5 heteroatoms. The van der Waals surface area contributed by atoms with E-state index in [0.29, 0.717) is 17.7 Å². The molecule has 0 bridgehead atoms. The predicted molar refractivity (Wildman–Crippen MR) is 92.4 cm³/mol. The zero-order valence-electron chi connectivity index (χ0n) is 13.5. The first-order chi connectivity index (χ1) is 11.7. The third-order valence-corrected chi connectivity index (χ3v) is 3.86. The average molecular weight is 318 g/mol. The van der Waals surface area contributed by atoms with Crippen molar-refractivity contribution in [3.63, 3.8) is 0 Å².